The molecule has 0 unspecified atom stereocenters. The van der Waals surface area contributed by atoms with Crippen LogP contribution >= 0.6 is 15.9 Å². The Balaban J connectivity index is 1.86. The summed E-state index contributed by atoms with van der Waals surface area (Å²) < 4.78 is 5.83. The fourth-order valence-electron chi connectivity index (χ4n) is 1.27. The van der Waals surface area contributed by atoms with Crippen LogP contribution in [0.1, 0.15) is 18.4 Å². The summed E-state index contributed by atoms with van der Waals surface area (Å²) in [6.45, 7) is 0.742. The lowest BCUT2D eigenvalue weighted by molar-refractivity contribution is 0.0377. The molecule has 1 aliphatic rings. The number of rotatable bonds is 4. The lowest BCUT2D eigenvalue weighted by atomic mass is 10.2. The van der Waals surface area contributed by atoms with Crippen molar-refractivity contribution in [2.45, 2.75) is 25.0 Å². The smallest absolute Gasteiger partial charge is 0.0785 e. The van der Waals surface area contributed by atoms with Crippen LogP contribution in [0.15, 0.2) is 30.3 Å². The van der Waals surface area contributed by atoms with E-state index in [4.69, 9.17) is 4.74 Å². The van der Waals surface area contributed by atoms with Crippen LogP contribution in [0.3, 0.4) is 0 Å². The summed E-state index contributed by atoms with van der Waals surface area (Å²) in [6.07, 6.45) is 2.40. The molecule has 0 bridgehead atoms. The Morgan fingerprint density at radius 2 is 1.92 bits per heavy atom. The number of halogens is 1. The van der Waals surface area contributed by atoms with E-state index in [1.807, 2.05) is 18.2 Å². The summed E-state index contributed by atoms with van der Waals surface area (Å²) in [5, 5.41) is 0.965. The summed E-state index contributed by atoms with van der Waals surface area (Å²) in [4.78, 5) is 0. The molecule has 0 heterocycles. The van der Waals surface area contributed by atoms with Gasteiger partial charge in [-0.3, -0.25) is 0 Å². The van der Waals surface area contributed by atoms with E-state index in [0.717, 1.165) is 11.9 Å². The van der Waals surface area contributed by atoms with E-state index >= 15 is 0 Å². The summed E-state index contributed by atoms with van der Waals surface area (Å²) in [6, 6.07) is 10.3. The molecule has 2 rings (SSSR count). The van der Waals surface area contributed by atoms with Crippen molar-refractivity contribution in [2.24, 2.45) is 0 Å². The summed E-state index contributed by atoms with van der Waals surface area (Å²) >= 11 is 3.48. The van der Waals surface area contributed by atoms with E-state index in [0.29, 0.717) is 0 Å². The van der Waals surface area contributed by atoms with Crippen LogP contribution in [0.2, 0.25) is 0 Å². The molecule has 0 aliphatic heterocycles. The van der Waals surface area contributed by atoms with Crippen LogP contribution in [0, 0.1) is 0 Å². The highest BCUT2D eigenvalue weighted by Gasteiger charge is 2.42. The first kappa shape index (κ1) is 9.22. The Bertz CT molecular complexity index is 267. The van der Waals surface area contributed by atoms with Gasteiger partial charge in [0.05, 0.1) is 12.2 Å². The lowest BCUT2D eigenvalue weighted by Crippen LogP contribution is -2.15. The molecule has 2 heteroatoms. The first-order valence-electron chi connectivity index (χ1n) is 4.58. The van der Waals surface area contributed by atoms with Crippen molar-refractivity contribution < 1.29 is 4.74 Å². The third-order valence-corrected chi connectivity index (χ3v) is 3.46. The summed E-state index contributed by atoms with van der Waals surface area (Å²) in [5.74, 6) is 0. The highest BCUT2D eigenvalue weighted by atomic mass is 79.9. The van der Waals surface area contributed by atoms with Gasteiger partial charge in [0.2, 0.25) is 0 Å². The number of ether oxygens (including phenoxy) is 1. The minimum atomic E-state index is 0.163. The quantitative estimate of drug-likeness (QED) is 0.736. The molecule has 70 valence electrons. The van der Waals surface area contributed by atoms with E-state index in [2.05, 4.69) is 28.1 Å². The molecule has 0 atom stereocenters. The Kier molecular flexibility index (Phi) is 2.70. The Morgan fingerprint density at radius 3 is 2.46 bits per heavy atom. The summed E-state index contributed by atoms with van der Waals surface area (Å²) in [7, 11) is 0. The second-order valence-corrected chi connectivity index (χ2v) is 4.15. The van der Waals surface area contributed by atoms with Gasteiger partial charge < -0.3 is 4.74 Å². The zero-order chi connectivity index (χ0) is 9.15. The molecule has 1 aromatic rings. The Morgan fingerprint density at radius 1 is 1.23 bits per heavy atom. The van der Waals surface area contributed by atoms with Crippen LogP contribution in [-0.4, -0.2) is 10.9 Å². The van der Waals surface area contributed by atoms with Crippen molar-refractivity contribution in [3.8, 4) is 0 Å². The van der Waals surface area contributed by atoms with Gasteiger partial charge in [0, 0.05) is 5.33 Å². The van der Waals surface area contributed by atoms with Crippen molar-refractivity contribution in [1.82, 2.24) is 0 Å². The number of benzene rings is 1. The van der Waals surface area contributed by atoms with Crippen LogP contribution < -0.4 is 0 Å². The van der Waals surface area contributed by atoms with Gasteiger partial charge >= 0.3 is 0 Å². The SMILES string of the molecule is BrCC1(OCc2ccccc2)CC1. The first-order valence-corrected chi connectivity index (χ1v) is 5.71. The van der Waals surface area contributed by atoms with Crippen molar-refractivity contribution in [2.75, 3.05) is 5.33 Å². The zero-order valence-corrected chi connectivity index (χ0v) is 9.09. The van der Waals surface area contributed by atoms with Crippen LogP contribution in [0.4, 0.5) is 0 Å². The van der Waals surface area contributed by atoms with Crippen LogP contribution in [0.25, 0.3) is 0 Å². The molecular formula is C11H13BrO. The molecule has 1 fully saturated rings. The molecule has 0 amide bonds. The van der Waals surface area contributed by atoms with Crippen LogP contribution in [0.5, 0.6) is 0 Å². The van der Waals surface area contributed by atoms with Crippen LogP contribution in [-0.2, 0) is 11.3 Å². The van der Waals surface area contributed by atoms with E-state index in [9.17, 15) is 0 Å². The molecule has 1 nitrogen and oxygen atoms in total. The number of hydrogen-bond acceptors (Lipinski definition) is 1. The average molecular weight is 241 g/mol. The maximum absolute atomic E-state index is 5.83. The second kappa shape index (κ2) is 3.81. The molecule has 1 saturated carbocycles. The fraction of sp³-hybridized carbons (Fsp3) is 0.455. The Hall–Kier alpha value is -0.340. The molecule has 0 radical (unpaired) electrons. The largest absolute Gasteiger partial charge is 0.369 e. The Labute approximate surface area is 87.2 Å². The molecule has 0 spiro atoms. The van der Waals surface area contributed by atoms with E-state index in [1.54, 1.807) is 0 Å². The third kappa shape index (κ3) is 2.32. The summed E-state index contributed by atoms with van der Waals surface area (Å²) in [5.41, 5.74) is 1.42. The molecular weight excluding hydrogens is 228 g/mol. The van der Waals surface area contributed by atoms with Gasteiger partial charge in [-0.25, -0.2) is 0 Å². The van der Waals surface area contributed by atoms with E-state index in [-0.39, 0.29) is 5.60 Å². The third-order valence-electron chi connectivity index (χ3n) is 2.44. The van der Waals surface area contributed by atoms with Gasteiger partial charge in [-0.05, 0) is 18.4 Å². The molecule has 13 heavy (non-hydrogen) atoms. The maximum Gasteiger partial charge on any atom is 0.0785 e. The van der Waals surface area contributed by atoms with Gasteiger partial charge in [0.15, 0.2) is 0 Å². The normalized spacial score (nSPS) is 18.5. The van der Waals surface area contributed by atoms with Gasteiger partial charge in [-0.15, -0.1) is 0 Å². The maximum atomic E-state index is 5.83. The zero-order valence-electron chi connectivity index (χ0n) is 7.50. The molecule has 0 aromatic heterocycles. The molecule has 0 N–H and O–H groups in total. The molecule has 1 aromatic carbocycles. The van der Waals surface area contributed by atoms with Gasteiger partial charge in [-0.2, -0.15) is 0 Å². The van der Waals surface area contributed by atoms with Crippen molar-refractivity contribution >= 4 is 15.9 Å². The molecule has 0 saturated heterocycles. The number of hydrogen-bond donors (Lipinski definition) is 0. The number of alkyl halides is 1. The molecule has 1 aliphatic carbocycles. The predicted molar refractivity (Wildman–Crippen MR) is 57.0 cm³/mol. The van der Waals surface area contributed by atoms with E-state index < -0.39 is 0 Å². The minimum absolute atomic E-state index is 0.163. The van der Waals surface area contributed by atoms with Crippen molar-refractivity contribution in [3.63, 3.8) is 0 Å². The highest BCUT2D eigenvalue weighted by Crippen LogP contribution is 2.41. The van der Waals surface area contributed by atoms with Gasteiger partial charge in [0.1, 0.15) is 0 Å². The fourth-order valence-corrected chi connectivity index (χ4v) is 1.99. The van der Waals surface area contributed by atoms with Gasteiger partial charge in [0.25, 0.3) is 0 Å². The average Bonchev–Trinajstić information content (AvgIpc) is 2.97. The van der Waals surface area contributed by atoms with Gasteiger partial charge in [-0.1, -0.05) is 46.3 Å². The highest BCUT2D eigenvalue weighted by molar-refractivity contribution is 9.09. The topological polar surface area (TPSA) is 9.23 Å². The van der Waals surface area contributed by atoms with Crippen molar-refractivity contribution in [1.29, 1.82) is 0 Å². The minimum Gasteiger partial charge on any atom is -0.369 e. The predicted octanol–water partition coefficient (Wildman–Crippen LogP) is 3.13. The first-order chi connectivity index (χ1) is 6.35. The standard InChI is InChI=1S/C11H13BrO/c12-9-11(6-7-11)13-8-10-4-2-1-3-5-10/h1-5H,6-9H2. The van der Waals surface area contributed by atoms with Crippen molar-refractivity contribution in [3.05, 3.63) is 35.9 Å². The second-order valence-electron chi connectivity index (χ2n) is 3.59. The lowest BCUT2D eigenvalue weighted by Gasteiger charge is -2.12. The van der Waals surface area contributed by atoms with E-state index in [1.165, 1.54) is 18.4 Å². The monoisotopic (exact) mass is 240 g/mol.